The van der Waals surface area contributed by atoms with Crippen molar-refractivity contribution in [3.63, 3.8) is 0 Å². The van der Waals surface area contributed by atoms with E-state index in [0.29, 0.717) is 0 Å². The standard InChI is InChI=1S/C10H24N.BF4/c1-5-7-9-11(3,4)10-8-6-2;2-1(3,4)5/h5-10H2,1-4H3;/q+1;-1/p+1. The van der Waals surface area contributed by atoms with Crippen molar-refractivity contribution in [3.8, 4) is 0 Å². The van der Waals surface area contributed by atoms with Gasteiger partial charge < -0.3 is 21.7 Å². The summed E-state index contributed by atoms with van der Waals surface area (Å²) in [6, 6.07) is 0. The Morgan fingerprint density at radius 3 is 1.31 bits per heavy atom. The Balaban J connectivity index is -0.000000280. The summed E-state index contributed by atoms with van der Waals surface area (Å²) in [5.41, 5.74) is 0. The molecule has 16 heavy (non-hydrogen) atoms. The van der Waals surface area contributed by atoms with Crippen LogP contribution in [0.3, 0.4) is 0 Å². The van der Waals surface area contributed by atoms with E-state index >= 15 is 0 Å². The van der Waals surface area contributed by atoms with Gasteiger partial charge in [-0.2, -0.15) is 0 Å². The maximum absolute atomic E-state index is 9.75. The molecule has 0 bridgehead atoms. The quantitative estimate of drug-likeness (QED) is 0.376. The molecule has 0 aromatic heterocycles. The van der Waals surface area contributed by atoms with Crippen molar-refractivity contribution in [2.24, 2.45) is 0 Å². The number of halogens is 4. The number of nitrogens with zero attached hydrogens (tertiary/aromatic N) is 1. The average Bonchev–Trinajstić information content (AvgIpc) is 2.09. The monoisotopic (exact) mass is 246 g/mol. The molecule has 0 amide bonds. The third kappa shape index (κ3) is 23.5. The largest absolute Gasteiger partial charge is 1.00 e. The summed E-state index contributed by atoms with van der Waals surface area (Å²) in [6.07, 6.45) is 5.40. The van der Waals surface area contributed by atoms with E-state index in [1.165, 1.54) is 43.3 Å². The average molecular weight is 246 g/mol. The molecule has 0 saturated carbocycles. The first-order valence-corrected chi connectivity index (χ1v) is 5.81. The Morgan fingerprint density at radius 2 is 1.12 bits per heavy atom. The van der Waals surface area contributed by atoms with Crippen molar-refractivity contribution in [1.82, 2.24) is 0 Å². The molecular weight excluding hydrogens is 221 g/mol. The normalized spacial score (nSPS) is 12.0. The molecule has 0 fully saturated rings. The summed E-state index contributed by atoms with van der Waals surface area (Å²) in [5, 5.41) is 0. The molecule has 0 radical (unpaired) electrons. The molecule has 0 rings (SSSR count). The molecule has 0 N–H and O–H groups in total. The molecule has 0 aliphatic rings. The van der Waals surface area contributed by atoms with Gasteiger partial charge in [-0.15, -0.1) is 0 Å². The van der Waals surface area contributed by atoms with Crippen LogP contribution in [0.5, 0.6) is 0 Å². The van der Waals surface area contributed by atoms with Crippen molar-refractivity contribution in [1.29, 1.82) is 0 Å². The van der Waals surface area contributed by atoms with Crippen LogP contribution in [0.2, 0.25) is 0 Å². The number of rotatable bonds is 6. The Kier molecular flexibility index (Phi) is 10.0. The fourth-order valence-corrected chi connectivity index (χ4v) is 1.28. The lowest BCUT2D eigenvalue weighted by Gasteiger charge is -2.29. The second kappa shape index (κ2) is 8.85. The molecule has 0 unspecified atom stereocenters. The van der Waals surface area contributed by atoms with Crippen LogP contribution in [0.15, 0.2) is 0 Å². The van der Waals surface area contributed by atoms with Gasteiger partial charge in [-0.25, -0.2) is 0 Å². The Hall–Kier alpha value is -0.255. The number of unbranched alkanes of at least 4 members (excludes halogenated alkanes) is 2. The van der Waals surface area contributed by atoms with E-state index in [0.717, 1.165) is 0 Å². The highest BCUT2D eigenvalue weighted by Gasteiger charge is 2.20. The summed E-state index contributed by atoms with van der Waals surface area (Å²) in [7, 11) is -1.32. The fourth-order valence-electron chi connectivity index (χ4n) is 1.28. The molecule has 0 aromatic carbocycles. The highest BCUT2D eigenvalue weighted by molar-refractivity contribution is 6.50. The molecule has 6 heteroatoms. The van der Waals surface area contributed by atoms with Gasteiger partial charge in [0.15, 0.2) is 0 Å². The van der Waals surface area contributed by atoms with Crippen molar-refractivity contribution in [2.45, 2.75) is 39.5 Å². The van der Waals surface area contributed by atoms with Gasteiger partial charge in [-0.3, -0.25) is 0 Å². The molecule has 0 heterocycles. The van der Waals surface area contributed by atoms with Gasteiger partial charge in [-0.1, -0.05) is 26.7 Å². The van der Waals surface area contributed by atoms with Crippen LogP contribution >= 0.6 is 0 Å². The summed E-state index contributed by atoms with van der Waals surface area (Å²) in [5.74, 6) is 0. The van der Waals surface area contributed by atoms with Crippen molar-refractivity contribution >= 4 is 7.25 Å². The summed E-state index contributed by atoms with van der Waals surface area (Å²) in [6.45, 7) is 7.21. The van der Waals surface area contributed by atoms with Gasteiger partial charge in [0.25, 0.3) is 0 Å². The molecule has 0 aliphatic carbocycles. The van der Waals surface area contributed by atoms with E-state index < -0.39 is 7.25 Å². The van der Waals surface area contributed by atoms with Gasteiger partial charge >= 0.3 is 8.68 Å². The van der Waals surface area contributed by atoms with E-state index in [1.807, 2.05) is 0 Å². The van der Waals surface area contributed by atoms with E-state index in [9.17, 15) is 17.3 Å². The number of hydrogen-bond acceptors (Lipinski definition) is 0. The summed E-state index contributed by atoms with van der Waals surface area (Å²) >= 11 is 0. The summed E-state index contributed by atoms with van der Waals surface area (Å²) in [4.78, 5) is 0. The SMILES string of the molecule is CCCC[N+](C)(C)CCCC.F[B-](F)(F)F.[H+]. The van der Waals surface area contributed by atoms with Crippen LogP contribution in [0.1, 0.15) is 41.0 Å². The number of quaternary nitrogens is 1. The maximum Gasteiger partial charge on any atom is 1.00 e. The molecule has 0 spiro atoms. The first-order chi connectivity index (χ1) is 7.12. The van der Waals surface area contributed by atoms with E-state index in [1.54, 1.807) is 0 Å². The van der Waals surface area contributed by atoms with E-state index in [2.05, 4.69) is 27.9 Å². The molecular formula is C10H25BF4N+. The van der Waals surface area contributed by atoms with Crippen LogP contribution in [0.25, 0.3) is 0 Å². The fraction of sp³-hybridized carbons (Fsp3) is 1.00. The van der Waals surface area contributed by atoms with Crippen LogP contribution in [0.4, 0.5) is 17.3 Å². The molecule has 1 nitrogen and oxygen atoms in total. The van der Waals surface area contributed by atoms with Crippen LogP contribution in [0, 0.1) is 0 Å². The lowest BCUT2D eigenvalue weighted by atomic mass is 10.2. The first kappa shape index (κ1) is 18.1. The highest BCUT2D eigenvalue weighted by atomic mass is 19.5. The van der Waals surface area contributed by atoms with Gasteiger partial charge in [0.2, 0.25) is 0 Å². The van der Waals surface area contributed by atoms with E-state index in [4.69, 9.17) is 0 Å². The lowest BCUT2D eigenvalue weighted by Crippen LogP contribution is -2.41. The third-order valence-corrected chi connectivity index (χ3v) is 2.23. The Bertz CT molecular complexity index is 149. The zero-order chi connectivity index (χ0) is 13.2. The van der Waals surface area contributed by atoms with E-state index in [-0.39, 0.29) is 1.43 Å². The second-order valence-corrected chi connectivity index (χ2v) is 4.58. The molecule has 0 aliphatic heterocycles. The zero-order valence-corrected chi connectivity index (χ0v) is 10.8. The molecule has 0 saturated heterocycles. The minimum Gasteiger partial charge on any atom is -0.418 e. The lowest BCUT2D eigenvalue weighted by molar-refractivity contribution is -0.890. The third-order valence-electron chi connectivity index (χ3n) is 2.23. The van der Waals surface area contributed by atoms with Gasteiger partial charge in [0, 0.05) is 0 Å². The predicted molar refractivity (Wildman–Crippen MR) is 63.0 cm³/mol. The zero-order valence-electron chi connectivity index (χ0n) is 11.8. The highest BCUT2D eigenvalue weighted by Crippen LogP contribution is 2.06. The smallest absolute Gasteiger partial charge is 0.418 e. The minimum atomic E-state index is -6.00. The van der Waals surface area contributed by atoms with Crippen molar-refractivity contribution < 1.29 is 23.2 Å². The Labute approximate surface area is 98.0 Å². The Morgan fingerprint density at radius 1 is 0.875 bits per heavy atom. The van der Waals surface area contributed by atoms with Crippen LogP contribution in [-0.4, -0.2) is 38.9 Å². The summed E-state index contributed by atoms with van der Waals surface area (Å²) < 4.78 is 40.2. The molecule has 100 valence electrons. The maximum atomic E-state index is 9.75. The van der Waals surface area contributed by atoms with Crippen molar-refractivity contribution in [3.05, 3.63) is 0 Å². The van der Waals surface area contributed by atoms with Gasteiger partial charge in [-0.05, 0) is 12.8 Å². The topological polar surface area (TPSA) is 0 Å². The molecule has 0 aromatic rings. The second-order valence-electron chi connectivity index (χ2n) is 4.58. The molecule has 0 atom stereocenters. The number of hydrogen-bond donors (Lipinski definition) is 0. The van der Waals surface area contributed by atoms with Crippen LogP contribution < -0.4 is 0 Å². The first-order valence-electron chi connectivity index (χ1n) is 5.81. The van der Waals surface area contributed by atoms with Crippen LogP contribution in [-0.2, 0) is 0 Å². The minimum absolute atomic E-state index is 0. The van der Waals surface area contributed by atoms with Gasteiger partial charge in [0.1, 0.15) is 0 Å². The predicted octanol–water partition coefficient (Wildman–Crippen LogP) is 4.08. The van der Waals surface area contributed by atoms with Crippen molar-refractivity contribution in [2.75, 3.05) is 27.2 Å². The van der Waals surface area contributed by atoms with Gasteiger partial charge in [0.05, 0.1) is 27.2 Å².